The highest BCUT2D eigenvalue weighted by Gasteiger charge is 2.25. The normalized spacial score (nSPS) is 20.6. The summed E-state index contributed by atoms with van der Waals surface area (Å²) < 4.78 is 0. The summed E-state index contributed by atoms with van der Waals surface area (Å²) in [5, 5.41) is 15.6. The molecule has 2 aromatic rings. The highest BCUT2D eigenvalue weighted by atomic mass is 32.1. The molecule has 0 radical (unpaired) electrons. The maximum absolute atomic E-state index is 12.0. The average molecular weight is 330 g/mol. The highest BCUT2D eigenvalue weighted by Crippen LogP contribution is 2.25. The quantitative estimate of drug-likeness (QED) is 0.886. The van der Waals surface area contributed by atoms with Gasteiger partial charge in [-0.2, -0.15) is 0 Å². The van der Waals surface area contributed by atoms with E-state index in [4.69, 9.17) is 0 Å². The Hall–Kier alpha value is -1.72. The Kier molecular flexibility index (Phi) is 5.08. The Morgan fingerprint density at radius 3 is 3.04 bits per heavy atom. The van der Waals surface area contributed by atoms with E-state index in [1.807, 2.05) is 17.5 Å². The Morgan fingerprint density at radius 1 is 1.43 bits per heavy atom. The van der Waals surface area contributed by atoms with Crippen LogP contribution in [0.3, 0.4) is 0 Å². The number of nitrogens with zero attached hydrogens (tertiary/aromatic N) is 1. The van der Waals surface area contributed by atoms with Crippen LogP contribution in [0.5, 0.6) is 0 Å². The number of aliphatic hydroxyl groups is 1. The van der Waals surface area contributed by atoms with Gasteiger partial charge in [0.2, 0.25) is 5.91 Å². The van der Waals surface area contributed by atoms with Gasteiger partial charge in [0.15, 0.2) is 0 Å². The third kappa shape index (κ3) is 4.18. The molecule has 23 heavy (non-hydrogen) atoms. The Balaban J connectivity index is 1.55. The summed E-state index contributed by atoms with van der Waals surface area (Å²) in [6.45, 7) is 2.62. The summed E-state index contributed by atoms with van der Waals surface area (Å²) in [5.41, 5.74) is 3.10. The SMILES string of the molecule is Cc1cccc(-c2nc(CC(=O)NCC3CCCC3O)cs2)c1. The molecule has 1 amide bonds. The summed E-state index contributed by atoms with van der Waals surface area (Å²) in [6, 6.07) is 8.22. The summed E-state index contributed by atoms with van der Waals surface area (Å²) >= 11 is 1.57. The molecule has 1 aromatic carbocycles. The molecule has 2 unspecified atom stereocenters. The van der Waals surface area contributed by atoms with Gasteiger partial charge in [-0.05, 0) is 25.8 Å². The van der Waals surface area contributed by atoms with E-state index in [-0.39, 0.29) is 17.9 Å². The van der Waals surface area contributed by atoms with Crippen molar-refractivity contribution < 1.29 is 9.90 Å². The molecule has 2 atom stereocenters. The molecule has 1 aliphatic rings. The van der Waals surface area contributed by atoms with Crippen LogP contribution in [0.15, 0.2) is 29.6 Å². The van der Waals surface area contributed by atoms with Crippen molar-refractivity contribution >= 4 is 17.2 Å². The van der Waals surface area contributed by atoms with Crippen LogP contribution >= 0.6 is 11.3 Å². The average Bonchev–Trinajstić information content (AvgIpc) is 3.14. The fraction of sp³-hybridized carbons (Fsp3) is 0.444. The zero-order chi connectivity index (χ0) is 16.2. The third-order valence-electron chi connectivity index (χ3n) is 4.34. The van der Waals surface area contributed by atoms with E-state index >= 15 is 0 Å². The van der Waals surface area contributed by atoms with Crippen LogP contribution in [-0.2, 0) is 11.2 Å². The lowest BCUT2D eigenvalue weighted by atomic mass is 10.1. The number of aryl methyl sites for hydroxylation is 1. The van der Waals surface area contributed by atoms with Crippen molar-refractivity contribution in [3.63, 3.8) is 0 Å². The minimum Gasteiger partial charge on any atom is -0.393 e. The van der Waals surface area contributed by atoms with Crippen molar-refractivity contribution in [2.24, 2.45) is 5.92 Å². The van der Waals surface area contributed by atoms with Crippen molar-refractivity contribution in [1.82, 2.24) is 10.3 Å². The molecular weight excluding hydrogens is 308 g/mol. The van der Waals surface area contributed by atoms with Crippen molar-refractivity contribution in [2.75, 3.05) is 6.54 Å². The van der Waals surface area contributed by atoms with E-state index < -0.39 is 0 Å². The van der Waals surface area contributed by atoms with Gasteiger partial charge in [-0.1, -0.05) is 30.2 Å². The second-order valence-electron chi connectivity index (χ2n) is 6.25. The lowest BCUT2D eigenvalue weighted by Crippen LogP contribution is -2.33. The molecule has 4 nitrogen and oxygen atoms in total. The van der Waals surface area contributed by atoms with Crippen LogP contribution in [0, 0.1) is 12.8 Å². The number of aliphatic hydroxyl groups excluding tert-OH is 1. The summed E-state index contributed by atoms with van der Waals surface area (Å²) in [7, 11) is 0. The van der Waals surface area contributed by atoms with E-state index in [2.05, 4.69) is 29.4 Å². The number of nitrogens with one attached hydrogen (secondary N) is 1. The number of hydrogen-bond donors (Lipinski definition) is 2. The number of aromatic nitrogens is 1. The molecule has 2 N–H and O–H groups in total. The van der Waals surface area contributed by atoms with Gasteiger partial charge in [0, 0.05) is 23.4 Å². The van der Waals surface area contributed by atoms with E-state index in [0.29, 0.717) is 13.0 Å². The van der Waals surface area contributed by atoms with Gasteiger partial charge < -0.3 is 10.4 Å². The third-order valence-corrected chi connectivity index (χ3v) is 5.28. The predicted octanol–water partition coefficient (Wildman–Crippen LogP) is 2.94. The molecule has 0 saturated heterocycles. The van der Waals surface area contributed by atoms with Gasteiger partial charge in [0.05, 0.1) is 18.2 Å². The van der Waals surface area contributed by atoms with E-state index in [1.165, 1.54) is 5.56 Å². The van der Waals surface area contributed by atoms with Crippen LogP contribution < -0.4 is 5.32 Å². The monoisotopic (exact) mass is 330 g/mol. The smallest absolute Gasteiger partial charge is 0.226 e. The van der Waals surface area contributed by atoms with E-state index in [1.54, 1.807) is 11.3 Å². The number of thiazole rings is 1. The van der Waals surface area contributed by atoms with Crippen LogP contribution in [0.25, 0.3) is 10.6 Å². The van der Waals surface area contributed by atoms with Gasteiger partial charge in [-0.3, -0.25) is 4.79 Å². The lowest BCUT2D eigenvalue weighted by molar-refractivity contribution is -0.120. The number of hydrogen-bond acceptors (Lipinski definition) is 4. The summed E-state index contributed by atoms with van der Waals surface area (Å²) in [5.74, 6) is 0.183. The standard InChI is InChI=1S/C18H22N2O2S/c1-12-4-2-5-13(8-12)18-20-15(11-23-18)9-17(22)19-10-14-6-3-7-16(14)21/h2,4-5,8,11,14,16,21H,3,6-7,9-10H2,1H3,(H,19,22). The first-order valence-corrected chi connectivity index (χ1v) is 8.96. The largest absolute Gasteiger partial charge is 0.393 e. The maximum Gasteiger partial charge on any atom is 0.226 e. The Bertz CT molecular complexity index is 683. The number of benzene rings is 1. The van der Waals surface area contributed by atoms with Gasteiger partial charge in [-0.25, -0.2) is 4.98 Å². The molecule has 1 heterocycles. The van der Waals surface area contributed by atoms with Gasteiger partial charge >= 0.3 is 0 Å². The number of carbonyl (C=O) groups excluding carboxylic acids is 1. The molecular formula is C18H22N2O2S. The van der Waals surface area contributed by atoms with Gasteiger partial charge in [0.25, 0.3) is 0 Å². The second-order valence-corrected chi connectivity index (χ2v) is 7.11. The van der Waals surface area contributed by atoms with Crippen LogP contribution in [-0.4, -0.2) is 28.6 Å². The van der Waals surface area contributed by atoms with Crippen LogP contribution in [0.1, 0.15) is 30.5 Å². The minimum atomic E-state index is -0.262. The Labute approximate surface area is 140 Å². The zero-order valence-electron chi connectivity index (χ0n) is 13.3. The maximum atomic E-state index is 12.0. The molecule has 0 aliphatic heterocycles. The first-order chi connectivity index (χ1) is 11.1. The summed E-state index contributed by atoms with van der Waals surface area (Å²) in [6.07, 6.45) is 2.93. The molecule has 5 heteroatoms. The summed E-state index contributed by atoms with van der Waals surface area (Å²) in [4.78, 5) is 16.6. The first kappa shape index (κ1) is 16.1. The van der Waals surface area contributed by atoms with E-state index in [0.717, 1.165) is 35.5 Å². The number of carbonyl (C=O) groups is 1. The Morgan fingerprint density at radius 2 is 2.30 bits per heavy atom. The molecule has 0 bridgehead atoms. The molecule has 1 aromatic heterocycles. The van der Waals surface area contributed by atoms with Crippen molar-refractivity contribution in [1.29, 1.82) is 0 Å². The zero-order valence-corrected chi connectivity index (χ0v) is 14.1. The van der Waals surface area contributed by atoms with Crippen molar-refractivity contribution in [3.05, 3.63) is 40.9 Å². The highest BCUT2D eigenvalue weighted by molar-refractivity contribution is 7.13. The molecule has 1 aliphatic carbocycles. The van der Waals surface area contributed by atoms with Gasteiger partial charge in [-0.15, -0.1) is 11.3 Å². The molecule has 0 spiro atoms. The predicted molar refractivity (Wildman–Crippen MR) is 92.3 cm³/mol. The van der Waals surface area contributed by atoms with Gasteiger partial charge in [0.1, 0.15) is 5.01 Å². The topological polar surface area (TPSA) is 62.2 Å². The van der Waals surface area contributed by atoms with Crippen LogP contribution in [0.4, 0.5) is 0 Å². The van der Waals surface area contributed by atoms with Crippen molar-refractivity contribution in [2.45, 2.75) is 38.7 Å². The fourth-order valence-electron chi connectivity index (χ4n) is 3.03. The first-order valence-electron chi connectivity index (χ1n) is 8.08. The lowest BCUT2D eigenvalue weighted by Gasteiger charge is -2.14. The minimum absolute atomic E-state index is 0.0230. The van der Waals surface area contributed by atoms with E-state index in [9.17, 15) is 9.90 Å². The van der Waals surface area contributed by atoms with Crippen molar-refractivity contribution in [3.8, 4) is 10.6 Å². The molecule has 1 fully saturated rings. The van der Waals surface area contributed by atoms with Crippen LogP contribution in [0.2, 0.25) is 0 Å². The molecule has 3 rings (SSSR count). The molecule has 1 saturated carbocycles. The number of amides is 1. The second kappa shape index (κ2) is 7.23. The number of rotatable bonds is 5. The molecule has 122 valence electrons. The fourth-order valence-corrected chi connectivity index (χ4v) is 3.84.